The number of hydrogen-bond acceptors (Lipinski definition) is 2. The summed E-state index contributed by atoms with van der Waals surface area (Å²) in [5.74, 6) is 1.73. The highest BCUT2D eigenvalue weighted by Gasteiger charge is 2.32. The van der Waals surface area contributed by atoms with Crippen molar-refractivity contribution in [2.24, 2.45) is 11.8 Å². The van der Waals surface area contributed by atoms with Gasteiger partial charge >= 0.3 is 0 Å². The average Bonchev–Trinajstić information content (AvgIpc) is 2.36. The molecule has 19 heavy (non-hydrogen) atoms. The van der Waals surface area contributed by atoms with Gasteiger partial charge in [0.15, 0.2) is 0 Å². The van der Waals surface area contributed by atoms with Crippen molar-refractivity contribution in [2.75, 3.05) is 20.1 Å². The molecule has 1 aliphatic carbocycles. The van der Waals surface area contributed by atoms with E-state index in [2.05, 4.69) is 45.0 Å². The van der Waals surface area contributed by atoms with Crippen LogP contribution in [0.2, 0.25) is 0 Å². The fraction of sp³-hybridized carbons (Fsp3) is 1.00. The van der Waals surface area contributed by atoms with Crippen LogP contribution in [0, 0.1) is 11.8 Å². The summed E-state index contributed by atoms with van der Waals surface area (Å²) in [6.07, 6.45) is 8.22. The summed E-state index contributed by atoms with van der Waals surface area (Å²) >= 11 is 0. The Morgan fingerprint density at radius 1 is 1.16 bits per heavy atom. The third-order valence-electron chi connectivity index (χ3n) is 4.50. The lowest BCUT2D eigenvalue weighted by molar-refractivity contribution is 0.106. The monoisotopic (exact) mass is 268 g/mol. The predicted octanol–water partition coefficient (Wildman–Crippen LogP) is 3.91. The number of rotatable bonds is 8. The molecule has 0 aliphatic heterocycles. The Labute approximate surface area is 121 Å². The molecule has 0 spiro atoms. The van der Waals surface area contributed by atoms with Crippen LogP contribution in [-0.2, 0) is 0 Å². The van der Waals surface area contributed by atoms with E-state index in [0.29, 0.717) is 0 Å². The van der Waals surface area contributed by atoms with Gasteiger partial charge in [0.2, 0.25) is 0 Å². The molecule has 0 heterocycles. The fourth-order valence-electron chi connectivity index (χ4n) is 3.67. The second-order valence-corrected chi connectivity index (χ2v) is 6.93. The Kier molecular flexibility index (Phi) is 8.01. The van der Waals surface area contributed by atoms with Gasteiger partial charge in [0, 0.05) is 18.6 Å². The van der Waals surface area contributed by atoms with Gasteiger partial charge in [-0.15, -0.1) is 0 Å². The molecular weight excluding hydrogens is 232 g/mol. The van der Waals surface area contributed by atoms with E-state index in [1.807, 2.05) is 0 Å². The number of likely N-dealkylation sites (N-methyl/N-ethyl adjacent to an activating group) is 1. The predicted molar refractivity (Wildman–Crippen MR) is 85.6 cm³/mol. The topological polar surface area (TPSA) is 15.3 Å². The lowest BCUT2D eigenvalue weighted by atomic mass is 9.79. The van der Waals surface area contributed by atoms with E-state index >= 15 is 0 Å². The maximum absolute atomic E-state index is 3.80. The molecule has 2 heteroatoms. The number of nitrogens with zero attached hydrogens (tertiary/aromatic N) is 1. The number of nitrogens with one attached hydrogen (secondary N) is 1. The van der Waals surface area contributed by atoms with Crippen LogP contribution in [0.25, 0.3) is 0 Å². The van der Waals surface area contributed by atoms with Crippen LogP contribution in [0.3, 0.4) is 0 Å². The highest BCUT2D eigenvalue weighted by molar-refractivity contribution is 4.90. The Balaban J connectivity index is 2.58. The summed E-state index contributed by atoms with van der Waals surface area (Å²) in [5, 5.41) is 3.80. The molecule has 0 aromatic rings. The smallest absolute Gasteiger partial charge is 0.0249 e. The van der Waals surface area contributed by atoms with Crippen LogP contribution in [0.1, 0.15) is 66.2 Å². The first-order chi connectivity index (χ1) is 9.08. The van der Waals surface area contributed by atoms with Gasteiger partial charge in [-0.05, 0) is 51.1 Å². The van der Waals surface area contributed by atoms with E-state index in [0.717, 1.165) is 23.9 Å². The summed E-state index contributed by atoms with van der Waals surface area (Å²) in [7, 11) is 2.33. The zero-order valence-electron chi connectivity index (χ0n) is 13.9. The van der Waals surface area contributed by atoms with Crippen molar-refractivity contribution in [3.8, 4) is 0 Å². The van der Waals surface area contributed by atoms with Crippen LogP contribution in [-0.4, -0.2) is 37.1 Å². The fourth-order valence-corrected chi connectivity index (χ4v) is 3.67. The molecule has 0 amide bonds. The van der Waals surface area contributed by atoms with Crippen LogP contribution in [0.15, 0.2) is 0 Å². The number of hydrogen-bond donors (Lipinski definition) is 1. The third-order valence-corrected chi connectivity index (χ3v) is 4.50. The van der Waals surface area contributed by atoms with Crippen molar-refractivity contribution in [3.63, 3.8) is 0 Å². The molecule has 1 N–H and O–H groups in total. The zero-order valence-corrected chi connectivity index (χ0v) is 13.9. The van der Waals surface area contributed by atoms with Gasteiger partial charge in [0.05, 0.1) is 0 Å². The summed E-state index contributed by atoms with van der Waals surface area (Å²) in [6.45, 7) is 11.7. The van der Waals surface area contributed by atoms with Crippen molar-refractivity contribution < 1.29 is 0 Å². The standard InChI is InChI=1S/C17H36N2/c1-6-8-15-9-10-16(18-11-7-2)17(12-15)19(5)13-14(3)4/h14-18H,6-13H2,1-5H3. The van der Waals surface area contributed by atoms with E-state index in [-0.39, 0.29) is 0 Å². The molecule has 1 aliphatic rings. The second kappa shape index (κ2) is 8.97. The van der Waals surface area contributed by atoms with E-state index in [1.165, 1.54) is 51.6 Å². The maximum Gasteiger partial charge on any atom is 0.0249 e. The van der Waals surface area contributed by atoms with Crippen LogP contribution < -0.4 is 5.32 Å². The lowest BCUT2D eigenvalue weighted by Crippen LogP contribution is -2.53. The molecule has 0 aromatic heterocycles. The maximum atomic E-state index is 3.80. The zero-order chi connectivity index (χ0) is 14.3. The Hall–Kier alpha value is -0.0800. The second-order valence-electron chi connectivity index (χ2n) is 6.93. The van der Waals surface area contributed by atoms with E-state index < -0.39 is 0 Å². The molecule has 1 rings (SSSR count). The molecule has 114 valence electrons. The van der Waals surface area contributed by atoms with Gasteiger partial charge in [-0.25, -0.2) is 0 Å². The molecule has 0 aromatic carbocycles. The molecule has 0 saturated heterocycles. The van der Waals surface area contributed by atoms with Crippen molar-refractivity contribution in [1.29, 1.82) is 0 Å². The Morgan fingerprint density at radius 2 is 1.89 bits per heavy atom. The minimum Gasteiger partial charge on any atom is -0.312 e. The van der Waals surface area contributed by atoms with Crippen molar-refractivity contribution in [2.45, 2.75) is 78.3 Å². The molecule has 2 nitrogen and oxygen atoms in total. The van der Waals surface area contributed by atoms with Gasteiger partial charge in [0.1, 0.15) is 0 Å². The minimum absolute atomic E-state index is 0.719. The normalized spacial score (nSPS) is 28.3. The van der Waals surface area contributed by atoms with Crippen LogP contribution >= 0.6 is 0 Å². The van der Waals surface area contributed by atoms with Gasteiger partial charge < -0.3 is 10.2 Å². The Morgan fingerprint density at radius 3 is 2.47 bits per heavy atom. The highest BCUT2D eigenvalue weighted by atomic mass is 15.2. The molecule has 0 radical (unpaired) electrons. The van der Waals surface area contributed by atoms with Crippen molar-refractivity contribution in [1.82, 2.24) is 10.2 Å². The van der Waals surface area contributed by atoms with Crippen LogP contribution in [0.4, 0.5) is 0 Å². The molecule has 3 unspecified atom stereocenters. The summed E-state index contributed by atoms with van der Waals surface area (Å²) in [4.78, 5) is 2.62. The van der Waals surface area contributed by atoms with E-state index in [1.54, 1.807) is 0 Å². The van der Waals surface area contributed by atoms with Gasteiger partial charge in [-0.2, -0.15) is 0 Å². The van der Waals surface area contributed by atoms with Crippen LogP contribution in [0.5, 0.6) is 0 Å². The largest absolute Gasteiger partial charge is 0.312 e. The Bertz CT molecular complexity index is 227. The van der Waals surface area contributed by atoms with Crippen molar-refractivity contribution >= 4 is 0 Å². The minimum atomic E-state index is 0.719. The third kappa shape index (κ3) is 5.83. The molecule has 3 atom stereocenters. The van der Waals surface area contributed by atoms with E-state index in [4.69, 9.17) is 0 Å². The molecule has 1 saturated carbocycles. The van der Waals surface area contributed by atoms with Crippen molar-refractivity contribution in [3.05, 3.63) is 0 Å². The summed E-state index contributed by atoms with van der Waals surface area (Å²) < 4.78 is 0. The molecule has 1 fully saturated rings. The summed E-state index contributed by atoms with van der Waals surface area (Å²) in [6, 6.07) is 1.47. The summed E-state index contributed by atoms with van der Waals surface area (Å²) in [5.41, 5.74) is 0. The van der Waals surface area contributed by atoms with E-state index in [9.17, 15) is 0 Å². The van der Waals surface area contributed by atoms with Gasteiger partial charge in [-0.1, -0.05) is 40.5 Å². The van der Waals surface area contributed by atoms with Gasteiger partial charge in [0.25, 0.3) is 0 Å². The average molecular weight is 268 g/mol. The molecule has 0 bridgehead atoms. The lowest BCUT2D eigenvalue weighted by Gasteiger charge is -2.42. The first kappa shape index (κ1) is 17.0. The quantitative estimate of drug-likeness (QED) is 0.718. The highest BCUT2D eigenvalue weighted by Crippen LogP contribution is 2.31. The SMILES string of the molecule is CCCNC1CCC(CCC)CC1N(C)CC(C)C. The van der Waals surface area contributed by atoms with Gasteiger partial charge in [-0.3, -0.25) is 0 Å². The first-order valence-electron chi connectivity index (χ1n) is 8.52. The molecular formula is C17H36N2. The first-order valence-corrected chi connectivity index (χ1v) is 8.52.